The first-order valence-electron chi connectivity index (χ1n) is 4.41. The molecule has 0 aromatic carbocycles. The second-order valence-corrected chi connectivity index (χ2v) is 2.85. The van der Waals surface area contributed by atoms with E-state index in [-0.39, 0.29) is 0 Å². The molecule has 0 spiro atoms. The van der Waals surface area contributed by atoms with Crippen molar-refractivity contribution in [1.29, 1.82) is 0 Å². The highest BCUT2D eigenvalue weighted by atomic mass is 14.5. The van der Waals surface area contributed by atoms with Gasteiger partial charge in [0.1, 0.15) is 0 Å². The molecule has 0 aliphatic heterocycles. The molecule has 0 aromatic rings. The largest absolute Gasteiger partial charge is 0.327 e. The molecule has 1 heteroatoms. The summed E-state index contributed by atoms with van der Waals surface area (Å²) in [5.74, 6) is 0. The van der Waals surface area contributed by atoms with Gasteiger partial charge in [0.2, 0.25) is 0 Å². The predicted octanol–water partition coefficient (Wildman–Crippen LogP) is 2.80. The number of hydrogen-bond acceptors (Lipinski definition) is 1. The van der Waals surface area contributed by atoms with E-state index in [1.807, 2.05) is 6.08 Å². The van der Waals surface area contributed by atoms with Crippen LogP contribution >= 0.6 is 0 Å². The molecule has 0 unspecified atom stereocenters. The summed E-state index contributed by atoms with van der Waals surface area (Å²) in [7, 11) is 0. The fourth-order valence-corrected chi connectivity index (χ4v) is 0.854. The molecule has 0 radical (unpaired) electrons. The first-order valence-corrected chi connectivity index (χ1v) is 4.41. The summed E-state index contributed by atoms with van der Waals surface area (Å²) in [6.07, 6.45) is 8.14. The van der Waals surface area contributed by atoms with Gasteiger partial charge in [-0.25, -0.2) is 0 Å². The van der Waals surface area contributed by atoms with E-state index in [0.717, 1.165) is 12.8 Å². The van der Waals surface area contributed by atoms with Crippen LogP contribution in [-0.4, -0.2) is 6.54 Å². The highest BCUT2D eigenvalue weighted by molar-refractivity contribution is 5.24. The molecule has 0 fully saturated rings. The minimum Gasteiger partial charge on any atom is -0.327 e. The SMILES string of the molecule is C=CC/C=C(\C=C(/C)CC)CN. The van der Waals surface area contributed by atoms with Gasteiger partial charge in [0.15, 0.2) is 0 Å². The van der Waals surface area contributed by atoms with Crippen molar-refractivity contribution in [1.82, 2.24) is 0 Å². The monoisotopic (exact) mass is 165 g/mol. The highest BCUT2D eigenvalue weighted by Crippen LogP contribution is 2.05. The van der Waals surface area contributed by atoms with Gasteiger partial charge < -0.3 is 5.73 Å². The van der Waals surface area contributed by atoms with Crippen LogP contribution in [0.3, 0.4) is 0 Å². The Balaban J connectivity index is 4.24. The third-order valence-corrected chi connectivity index (χ3v) is 1.77. The smallest absolute Gasteiger partial charge is 0.0175 e. The summed E-state index contributed by atoms with van der Waals surface area (Å²) >= 11 is 0. The van der Waals surface area contributed by atoms with Crippen LogP contribution < -0.4 is 5.73 Å². The van der Waals surface area contributed by atoms with Crippen LogP contribution in [-0.2, 0) is 0 Å². The van der Waals surface area contributed by atoms with E-state index in [4.69, 9.17) is 5.73 Å². The molecule has 2 N–H and O–H groups in total. The number of nitrogens with two attached hydrogens (primary N) is 1. The predicted molar refractivity (Wildman–Crippen MR) is 56.0 cm³/mol. The standard InChI is InChI=1S/C11H19N/c1-4-6-7-11(9-12)8-10(3)5-2/h4,7-8H,1,5-6,9,12H2,2-3H3/b10-8+,11-7+. The van der Waals surface area contributed by atoms with Gasteiger partial charge in [-0.3, -0.25) is 0 Å². The fraction of sp³-hybridized carbons (Fsp3) is 0.455. The Morgan fingerprint density at radius 1 is 1.50 bits per heavy atom. The maximum atomic E-state index is 5.57. The van der Waals surface area contributed by atoms with Crippen molar-refractivity contribution < 1.29 is 0 Å². The number of allylic oxidation sites excluding steroid dienone is 3. The fourth-order valence-electron chi connectivity index (χ4n) is 0.854. The summed E-state index contributed by atoms with van der Waals surface area (Å²) in [5.41, 5.74) is 8.14. The van der Waals surface area contributed by atoms with Crippen LogP contribution in [0.4, 0.5) is 0 Å². The lowest BCUT2D eigenvalue weighted by atomic mass is 10.1. The van der Waals surface area contributed by atoms with E-state index in [0.29, 0.717) is 6.54 Å². The molecule has 0 aliphatic carbocycles. The summed E-state index contributed by atoms with van der Waals surface area (Å²) in [5, 5.41) is 0. The van der Waals surface area contributed by atoms with Gasteiger partial charge in [-0.2, -0.15) is 0 Å². The van der Waals surface area contributed by atoms with Crippen molar-refractivity contribution in [3.63, 3.8) is 0 Å². The summed E-state index contributed by atoms with van der Waals surface area (Å²) in [6.45, 7) is 8.55. The first kappa shape index (κ1) is 11.2. The molecule has 0 heterocycles. The molecule has 0 aliphatic rings. The van der Waals surface area contributed by atoms with E-state index in [1.54, 1.807) is 0 Å². The van der Waals surface area contributed by atoms with Gasteiger partial charge >= 0.3 is 0 Å². The van der Waals surface area contributed by atoms with Crippen LogP contribution in [0.5, 0.6) is 0 Å². The molecular weight excluding hydrogens is 146 g/mol. The molecule has 1 nitrogen and oxygen atoms in total. The molecule has 12 heavy (non-hydrogen) atoms. The maximum Gasteiger partial charge on any atom is 0.0175 e. The van der Waals surface area contributed by atoms with Gasteiger partial charge in [0, 0.05) is 6.54 Å². The normalized spacial score (nSPS) is 13.2. The zero-order chi connectivity index (χ0) is 9.40. The van der Waals surface area contributed by atoms with Crippen molar-refractivity contribution in [2.45, 2.75) is 26.7 Å². The summed E-state index contributed by atoms with van der Waals surface area (Å²) in [6, 6.07) is 0. The molecule has 68 valence electrons. The topological polar surface area (TPSA) is 26.0 Å². The average Bonchev–Trinajstić information content (AvgIpc) is 2.11. The molecule has 0 bridgehead atoms. The van der Waals surface area contributed by atoms with Gasteiger partial charge in [-0.15, -0.1) is 6.58 Å². The van der Waals surface area contributed by atoms with Crippen LogP contribution in [0.2, 0.25) is 0 Å². The Morgan fingerprint density at radius 3 is 2.58 bits per heavy atom. The Bertz CT molecular complexity index is 187. The van der Waals surface area contributed by atoms with E-state index in [9.17, 15) is 0 Å². The summed E-state index contributed by atoms with van der Waals surface area (Å²) in [4.78, 5) is 0. The minimum absolute atomic E-state index is 0.616. The van der Waals surface area contributed by atoms with E-state index in [1.165, 1.54) is 11.1 Å². The van der Waals surface area contributed by atoms with Crippen molar-refractivity contribution in [3.8, 4) is 0 Å². The van der Waals surface area contributed by atoms with Gasteiger partial charge in [-0.1, -0.05) is 30.7 Å². The number of hydrogen-bond donors (Lipinski definition) is 1. The van der Waals surface area contributed by atoms with Crippen LogP contribution in [0.15, 0.2) is 36.0 Å². The second-order valence-electron chi connectivity index (χ2n) is 2.85. The molecule has 0 aromatic heterocycles. The lowest BCUT2D eigenvalue weighted by Gasteiger charge is -1.99. The molecule has 0 saturated carbocycles. The van der Waals surface area contributed by atoms with Crippen LogP contribution in [0.1, 0.15) is 26.7 Å². The van der Waals surface area contributed by atoms with Crippen molar-refractivity contribution in [2.24, 2.45) is 5.73 Å². The third-order valence-electron chi connectivity index (χ3n) is 1.77. The number of rotatable bonds is 5. The van der Waals surface area contributed by atoms with E-state index < -0.39 is 0 Å². The van der Waals surface area contributed by atoms with Crippen LogP contribution in [0.25, 0.3) is 0 Å². The molecule has 0 saturated heterocycles. The lowest BCUT2D eigenvalue weighted by molar-refractivity contribution is 1.07. The van der Waals surface area contributed by atoms with E-state index >= 15 is 0 Å². The van der Waals surface area contributed by atoms with Crippen molar-refractivity contribution >= 4 is 0 Å². The Labute approximate surface area is 75.7 Å². The Morgan fingerprint density at radius 2 is 2.17 bits per heavy atom. The third kappa shape index (κ3) is 4.91. The molecule has 0 rings (SSSR count). The minimum atomic E-state index is 0.616. The van der Waals surface area contributed by atoms with Gasteiger partial charge in [0.25, 0.3) is 0 Å². The maximum absolute atomic E-state index is 5.57. The van der Waals surface area contributed by atoms with Crippen molar-refractivity contribution in [2.75, 3.05) is 6.54 Å². The quantitative estimate of drug-likeness (QED) is 0.492. The lowest BCUT2D eigenvalue weighted by Crippen LogP contribution is -2.01. The summed E-state index contributed by atoms with van der Waals surface area (Å²) < 4.78 is 0. The Hall–Kier alpha value is -0.820. The average molecular weight is 165 g/mol. The van der Waals surface area contributed by atoms with Crippen LogP contribution in [0, 0.1) is 0 Å². The first-order chi connectivity index (χ1) is 5.74. The van der Waals surface area contributed by atoms with Crippen molar-refractivity contribution in [3.05, 3.63) is 36.0 Å². The molecule has 0 amide bonds. The highest BCUT2D eigenvalue weighted by Gasteiger charge is 1.89. The second kappa shape index (κ2) is 6.86. The van der Waals surface area contributed by atoms with Gasteiger partial charge in [0.05, 0.1) is 0 Å². The Kier molecular flexibility index (Phi) is 6.39. The van der Waals surface area contributed by atoms with E-state index in [2.05, 4.69) is 32.6 Å². The molecular formula is C11H19N. The zero-order valence-electron chi connectivity index (χ0n) is 8.14. The van der Waals surface area contributed by atoms with Gasteiger partial charge in [-0.05, 0) is 25.3 Å². The molecule has 0 atom stereocenters. The zero-order valence-corrected chi connectivity index (χ0v) is 8.14.